The van der Waals surface area contributed by atoms with Crippen molar-refractivity contribution in [1.82, 2.24) is 9.21 Å². The Hall–Kier alpha value is -0.390. The molecule has 2 heterocycles. The number of allylic oxidation sites excluding steroid dienone is 2. The Balaban J connectivity index is 1.57. The highest BCUT2D eigenvalue weighted by Gasteiger charge is 2.36. The van der Waals surface area contributed by atoms with Crippen molar-refractivity contribution in [3.63, 3.8) is 0 Å². The van der Waals surface area contributed by atoms with E-state index in [1.54, 1.807) is 4.31 Å². The normalized spacial score (nSPS) is 35.4. The van der Waals surface area contributed by atoms with Crippen LogP contribution >= 0.6 is 0 Å². The lowest BCUT2D eigenvalue weighted by Gasteiger charge is -2.38. The summed E-state index contributed by atoms with van der Waals surface area (Å²) in [6, 6.07) is 0.232. The van der Waals surface area contributed by atoms with E-state index in [1.807, 2.05) is 0 Å². The van der Waals surface area contributed by atoms with Crippen molar-refractivity contribution >= 4 is 10.0 Å². The first-order valence-corrected chi connectivity index (χ1v) is 9.63. The Morgan fingerprint density at radius 1 is 1.10 bits per heavy atom. The Morgan fingerprint density at radius 3 is 2.70 bits per heavy atom. The van der Waals surface area contributed by atoms with E-state index in [4.69, 9.17) is 0 Å². The van der Waals surface area contributed by atoms with Gasteiger partial charge in [-0.15, -0.1) is 0 Å². The van der Waals surface area contributed by atoms with Crippen molar-refractivity contribution in [2.45, 2.75) is 44.6 Å². The number of hydrogen-bond donors (Lipinski definition) is 0. The van der Waals surface area contributed by atoms with Crippen molar-refractivity contribution < 1.29 is 8.42 Å². The van der Waals surface area contributed by atoms with Gasteiger partial charge < -0.3 is 4.90 Å². The molecule has 0 radical (unpaired) electrons. The molecule has 0 aromatic rings. The molecule has 3 rings (SSSR count). The third-order valence-electron chi connectivity index (χ3n) is 4.92. The highest BCUT2D eigenvalue weighted by atomic mass is 32.2. The van der Waals surface area contributed by atoms with Gasteiger partial charge in [0.15, 0.2) is 0 Å². The minimum Gasteiger partial charge on any atom is -0.301 e. The maximum Gasteiger partial charge on any atom is 0.214 e. The standard InChI is InChI=1S/C15H26N2O2S/c18-20(19)11-5-10-17(20)15-8-4-9-16(13-15)12-14-6-2-1-3-7-14/h1-2,14-15H,3-13H2/t14-,15+/m1/s1. The average molecular weight is 298 g/mol. The molecule has 0 unspecified atom stereocenters. The summed E-state index contributed by atoms with van der Waals surface area (Å²) in [6.07, 6.45) is 11.3. The Bertz CT molecular complexity index is 460. The van der Waals surface area contributed by atoms with Gasteiger partial charge in [0.1, 0.15) is 0 Å². The minimum absolute atomic E-state index is 0.232. The van der Waals surface area contributed by atoms with Crippen LogP contribution in [-0.4, -0.2) is 55.6 Å². The molecular formula is C15H26N2O2S. The van der Waals surface area contributed by atoms with Crippen LogP contribution in [0.4, 0.5) is 0 Å². The zero-order chi connectivity index (χ0) is 14.0. The summed E-state index contributed by atoms with van der Waals surface area (Å²) >= 11 is 0. The molecule has 0 bridgehead atoms. The zero-order valence-corrected chi connectivity index (χ0v) is 13.0. The number of nitrogens with zero attached hydrogens (tertiary/aromatic N) is 2. The van der Waals surface area contributed by atoms with Gasteiger partial charge in [-0.25, -0.2) is 8.42 Å². The van der Waals surface area contributed by atoms with Gasteiger partial charge in [0.05, 0.1) is 5.75 Å². The van der Waals surface area contributed by atoms with E-state index < -0.39 is 10.0 Å². The van der Waals surface area contributed by atoms with E-state index in [0.29, 0.717) is 5.75 Å². The molecule has 0 aromatic heterocycles. The Morgan fingerprint density at radius 2 is 2.00 bits per heavy atom. The minimum atomic E-state index is -2.95. The summed E-state index contributed by atoms with van der Waals surface area (Å²) in [4.78, 5) is 2.51. The predicted molar refractivity (Wildman–Crippen MR) is 81.1 cm³/mol. The monoisotopic (exact) mass is 298 g/mol. The average Bonchev–Trinajstić information content (AvgIpc) is 2.80. The third kappa shape index (κ3) is 3.26. The molecule has 20 heavy (non-hydrogen) atoms. The maximum atomic E-state index is 12.1. The SMILES string of the molecule is O=S1(=O)CCCN1[C@H]1CCCN(C[C@@H]2CC=CCC2)C1. The molecular weight excluding hydrogens is 272 g/mol. The number of hydrogen-bond acceptors (Lipinski definition) is 3. The van der Waals surface area contributed by atoms with Crippen molar-refractivity contribution in [1.29, 1.82) is 0 Å². The smallest absolute Gasteiger partial charge is 0.214 e. The first-order valence-electron chi connectivity index (χ1n) is 8.02. The molecule has 2 aliphatic heterocycles. The summed E-state index contributed by atoms with van der Waals surface area (Å²) in [7, 11) is -2.95. The molecule has 0 N–H and O–H groups in total. The zero-order valence-electron chi connectivity index (χ0n) is 12.2. The molecule has 0 amide bonds. The lowest BCUT2D eigenvalue weighted by Crippen LogP contribution is -2.49. The van der Waals surface area contributed by atoms with Gasteiger partial charge in [-0.1, -0.05) is 12.2 Å². The molecule has 114 valence electrons. The van der Waals surface area contributed by atoms with Crippen molar-refractivity contribution in [3.05, 3.63) is 12.2 Å². The molecule has 2 fully saturated rings. The molecule has 2 saturated heterocycles. The molecule has 1 aliphatic carbocycles. The van der Waals surface area contributed by atoms with Crippen LogP contribution in [0.1, 0.15) is 38.5 Å². The van der Waals surface area contributed by atoms with Crippen LogP contribution in [0.5, 0.6) is 0 Å². The van der Waals surface area contributed by atoms with E-state index in [2.05, 4.69) is 17.1 Å². The molecule has 0 saturated carbocycles. The summed E-state index contributed by atoms with van der Waals surface area (Å²) in [6.45, 7) is 3.98. The molecule has 4 nitrogen and oxygen atoms in total. The lowest BCUT2D eigenvalue weighted by molar-refractivity contribution is 0.132. The molecule has 0 spiro atoms. The highest BCUT2D eigenvalue weighted by molar-refractivity contribution is 7.89. The van der Waals surface area contributed by atoms with Crippen LogP contribution in [0.15, 0.2) is 12.2 Å². The first-order chi connectivity index (χ1) is 9.65. The van der Waals surface area contributed by atoms with Crippen LogP contribution in [-0.2, 0) is 10.0 Å². The Kier molecular flexibility index (Phi) is 4.48. The summed E-state index contributed by atoms with van der Waals surface area (Å²) in [5.74, 6) is 1.13. The fourth-order valence-electron chi connectivity index (χ4n) is 3.89. The van der Waals surface area contributed by atoms with Gasteiger partial charge in [-0.2, -0.15) is 4.31 Å². The van der Waals surface area contributed by atoms with Gasteiger partial charge in [0.25, 0.3) is 0 Å². The number of likely N-dealkylation sites (tertiary alicyclic amines) is 1. The van der Waals surface area contributed by atoms with Crippen LogP contribution in [0.3, 0.4) is 0 Å². The van der Waals surface area contributed by atoms with E-state index in [0.717, 1.165) is 51.4 Å². The van der Waals surface area contributed by atoms with Gasteiger partial charge in [0.2, 0.25) is 10.0 Å². The highest BCUT2D eigenvalue weighted by Crippen LogP contribution is 2.26. The van der Waals surface area contributed by atoms with Crippen molar-refractivity contribution in [3.8, 4) is 0 Å². The fourth-order valence-corrected chi connectivity index (χ4v) is 5.65. The third-order valence-corrected chi connectivity index (χ3v) is 6.92. The van der Waals surface area contributed by atoms with Crippen molar-refractivity contribution in [2.75, 3.05) is 31.9 Å². The number of sulfonamides is 1. The van der Waals surface area contributed by atoms with Crippen molar-refractivity contribution in [2.24, 2.45) is 5.92 Å². The van der Waals surface area contributed by atoms with Crippen LogP contribution in [0.2, 0.25) is 0 Å². The lowest BCUT2D eigenvalue weighted by atomic mass is 9.93. The van der Waals surface area contributed by atoms with Gasteiger partial charge >= 0.3 is 0 Å². The second-order valence-corrected chi connectivity index (χ2v) is 8.53. The van der Waals surface area contributed by atoms with Crippen LogP contribution in [0.25, 0.3) is 0 Å². The fraction of sp³-hybridized carbons (Fsp3) is 0.867. The molecule has 2 atom stereocenters. The summed E-state index contributed by atoms with van der Waals surface area (Å²) in [5, 5.41) is 0. The van der Waals surface area contributed by atoms with E-state index in [-0.39, 0.29) is 6.04 Å². The van der Waals surface area contributed by atoms with Gasteiger partial charge in [-0.05, 0) is 51.0 Å². The van der Waals surface area contributed by atoms with E-state index in [1.165, 1.54) is 19.3 Å². The van der Waals surface area contributed by atoms with Crippen LogP contribution < -0.4 is 0 Å². The quantitative estimate of drug-likeness (QED) is 0.747. The number of rotatable bonds is 3. The van der Waals surface area contributed by atoms with Gasteiger partial charge in [0, 0.05) is 25.7 Å². The first kappa shape index (κ1) is 14.5. The van der Waals surface area contributed by atoms with E-state index >= 15 is 0 Å². The molecule has 3 aliphatic rings. The molecule has 5 heteroatoms. The number of piperidine rings is 1. The Labute approximate surface area is 122 Å². The second-order valence-electron chi connectivity index (χ2n) is 6.49. The predicted octanol–water partition coefficient (Wildman–Crippen LogP) is 1.84. The van der Waals surface area contributed by atoms with E-state index in [9.17, 15) is 8.42 Å². The topological polar surface area (TPSA) is 40.6 Å². The second kappa shape index (κ2) is 6.16. The van der Waals surface area contributed by atoms with Gasteiger partial charge in [-0.3, -0.25) is 0 Å². The summed E-state index contributed by atoms with van der Waals surface area (Å²) < 4.78 is 25.9. The largest absolute Gasteiger partial charge is 0.301 e. The maximum absolute atomic E-state index is 12.1. The van der Waals surface area contributed by atoms with Crippen LogP contribution in [0, 0.1) is 5.92 Å². The molecule has 0 aromatic carbocycles. The summed E-state index contributed by atoms with van der Waals surface area (Å²) in [5.41, 5.74) is 0.